The molecule has 1 saturated carbocycles. The molecule has 1 fully saturated rings. The highest BCUT2D eigenvalue weighted by molar-refractivity contribution is 5.72. The summed E-state index contributed by atoms with van der Waals surface area (Å²) in [7, 11) is 0. The Bertz CT molecular complexity index is 148. The first-order valence-electron chi connectivity index (χ1n) is 4.48. The topological polar surface area (TPSA) is 34.1 Å². The summed E-state index contributed by atoms with van der Waals surface area (Å²) in [5.74, 6) is 1.36. The molecule has 78 valence electrons. The lowest BCUT2D eigenvalue weighted by Crippen LogP contribution is -1.93. The van der Waals surface area contributed by atoms with E-state index in [2.05, 4.69) is 6.92 Å². The number of hydrogen-bond donors (Lipinski definition) is 0. The quantitative estimate of drug-likeness (QED) is 0.590. The smallest absolute Gasteiger partial charge is 0.126 e. The number of carbonyl (C=O) groups is 2. The Kier molecular flexibility index (Phi) is 9.09. The number of Topliss-reactive ketones (excluding diaryl/α,β-unsaturated/α-hetero) is 1. The predicted octanol–water partition coefficient (Wildman–Crippen LogP) is 2.85. The lowest BCUT2D eigenvalue weighted by molar-refractivity contribution is -0.115. The summed E-state index contributed by atoms with van der Waals surface area (Å²) in [4.78, 5) is 19.6. The number of ketones is 1. The van der Waals surface area contributed by atoms with Crippen molar-refractivity contribution in [3.05, 3.63) is 0 Å². The Balaban J connectivity index is 0. The largest absolute Gasteiger partial charge is 0.303 e. The molecule has 0 aromatic carbocycles. The molecule has 1 rings (SSSR count). The summed E-state index contributed by atoms with van der Waals surface area (Å²) in [6.45, 7) is 5.27. The molecule has 0 amide bonds. The van der Waals surface area contributed by atoms with Gasteiger partial charge in [-0.15, -0.1) is 0 Å². The first-order valence-corrected chi connectivity index (χ1v) is 4.48. The molecule has 2 atom stereocenters. The minimum absolute atomic E-state index is 0. The second-order valence-electron chi connectivity index (χ2n) is 3.72. The normalized spacial score (nSPS) is 25.2. The van der Waals surface area contributed by atoms with Gasteiger partial charge in [-0.25, -0.2) is 0 Å². The SMILES string of the molecule is C.CC(C)=O.C[C@@H]1CCC(C=O)C1. The van der Waals surface area contributed by atoms with Crippen LogP contribution in [0.1, 0.15) is 47.5 Å². The molecule has 0 aliphatic heterocycles. The van der Waals surface area contributed by atoms with Gasteiger partial charge in [-0.1, -0.05) is 20.8 Å². The molecule has 1 aliphatic carbocycles. The molecule has 1 aliphatic rings. The van der Waals surface area contributed by atoms with E-state index in [1.54, 1.807) is 0 Å². The van der Waals surface area contributed by atoms with Crippen molar-refractivity contribution in [2.24, 2.45) is 11.8 Å². The van der Waals surface area contributed by atoms with E-state index in [0.717, 1.165) is 25.0 Å². The van der Waals surface area contributed by atoms with Crippen molar-refractivity contribution in [2.75, 3.05) is 0 Å². The van der Waals surface area contributed by atoms with Crippen molar-refractivity contribution in [1.29, 1.82) is 0 Å². The van der Waals surface area contributed by atoms with E-state index >= 15 is 0 Å². The third-order valence-electron chi connectivity index (χ3n) is 1.93. The van der Waals surface area contributed by atoms with Crippen LogP contribution in [0.3, 0.4) is 0 Å². The Labute approximate surface area is 81.7 Å². The molecule has 0 saturated heterocycles. The highest BCUT2D eigenvalue weighted by Crippen LogP contribution is 2.28. The summed E-state index contributed by atoms with van der Waals surface area (Å²) < 4.78 is 0. The van der Waals surface area contributed by atoms with Gasteiger partial charge in [-0.3, -0.25) is 0 Å². The van der Waals surface area contributed by atoms with Gasteiger partial charge in [0.25, 0.3) is 0 Å². The second-order valence-corrected chi connectivity index (χ2v) is 3.72. The molecule has 0 spiro atoms. The van der Waals surface area contributed by atoms with Crippen LogP contribution in [0, 0.1) is 11.8 Å². The zero-order valence-electron chi connectivity index (χ0n) is 8.17. The highest BCUT2D eigenvalue weighted by atomic mass is 16.1. The van der Waals surface area contributed by atoms with Crippen molar-refractivity contribution in [3.63, 3.8) is 0 Å². The number of rotatable bonds is 1. The van der Waals surface area contributed by atoms with Crippen LogP contribution in [-0.2, 0) is 9.59 Å². The van der Waals surface area contributed by atoms with E-state index in [1.165, 1.54) is 20.3 Å². The van der Waals surface area contributed by atoms with Crippen molar-refractivity contribution >= 4 is 12.1 Å². The van der Waals surface area contributed by atoms with Crippen LogP contribution in [0.2, 0.25) is 0 Å². The Morgan fingerprint density at radius 1 is 1.31 bits per heavy atom. The van der Waals surface area contributed by atoms with E-state index in [4.69, 9.17) is 0 Å². The average Bonchev–Trinajstić information content (AvgIpc) is 2.34. The summed E-state index contributed by atoms with van der Waals surface area (Å²) in [5.41, 5.74) is 0. The van der Waals surface area contributed by atoms with Crippen LogP contribution < -0.4 is 0 Å². The van der Waals surface area contributed by atoms with Gasteiger partial charge >= 0.3 is 0 Å². The van der Waals surface area contributed by atoms with Gasteiger partial charge in [0.1, 0.15) is 12.1 Å². The molecule has 2 heteroatoms. The zero-order chi connectivity index (χ0) is 9.56. The maximum atomic E-state index is 10.2. The van der Waals surface area contributed by atoms with E-state index in [-0.39, 0.29) is 13.2 Å². The summed E-state index contributed by atoms with van der Waals surface area (Å²) >= 11 is 0. The molecule has 1 unspecified atom stereocenters. The average molecular weight is 186 g/mol. The molecule has 0 N–H and O–H groups in total. The fraction of sp³-hybridized carbons (Fsp3) is 0.818. The summed E-state index contributed by atoms with van der Waals surface area (Å²) in [5, 5.41) is 0. The number of hydrogen-bond acceptors (Lipinski definition) is 2. The fourth-order valence-corrected chi connectivity index (χ4v) is 1.37. The van der Waals surface area contributed by atoms with Crippen molar-refractivity contribution in [2.45, 2.75) is 47.5 Å². The van der Waals surface area contributed by atoms with Crippen LogP contribution in [0.15, 0.2) is 0 Å². The predicted molar refractivity (Wildman–Crippen MR) is 55.7 cm³/mol. The van der Waals surface area contributed by atoms with Crippen LogP contribution in [0.25, 0.3) is 0 Å². The molecule has 13 heavy (non-hydrogen) atoms. The van der Waals surface area contributed by atoms with Gasteiger partial charge in [0, 0.05) is 5.92 Å². The molecule has 2 nitrogen and oxygen atoms in total. The minimum Gasteiger partial charge on any atom is -0.303 e. The third-order valence-corrected chi connectivity index (χ3v) is 1.93. The van der Waals surface area contributed by atoms with Gasteiger partial charge in [0.05, 0.1) is 0 Å². The zero-order valence-corrected chi connectivity index (χ0v) is 8.17. The minimum atomic E-state index is 0. The number of aldehydes is 1. The molecular weight excluding hydrogens is 164 g/mol. The van der Waals surface area contributed by atoms with Crippen molar-refractivity contribution in [1.82, 2.24) is 0 Å². The van der Waals surface area contributed by atoms with Crippen molar-refractivity contribution in [3.8, 4) is 0 Å². The summed E-state index contributed by atoms with van der Waals surface area (Å²) in [6.07, 6.45) is 4.61. The Morgan fingerprint density at radius 3 is 1.92 bits per heavy atom. The van der Waals surface area contributed by atoms with Crippen LogP contribution in [0.4, 0.5) is 0 Å². The number of carbonyl (C=O) groups excluding carboxylic acids is 2. The van der Waals surface area contributed by atoms with Gasteiger partial charge in [-0.2, -0.15) is 0 Å². The van der Waals surface area contributed by atoms with E-state index in [1.807, 2.05) is 0 Å². The molecular formula is C11H22O2. The van der Waals surface area contributed by atoms with E-state index < -0.39 is 0 Å². The summed E-state index contributed by atoms with van der Waals surface area (Å²) in [6, 6.07) is 0. The highest BCUT2D eigenvalue weighted by Gasteiger charge is 2.19. The lowest BCUT2D eigenvalue weighted by atomic mass is 10.1. The standard InChI is InChI=1S/C7H12O.C3H6O.CH4/c1-6-2-3-7(4-6)5-8;1-3(2)4;/h5-7H,2-4H2,1H3;1-2H3;1H4/t6-,7?;;/m1../s1. The fourth-order valence-electron chi connectivity index (χ4n) is 1.37. The Hall–Kier alpha value is -0.660. The maximum Gasteiger partial charge on any atom is 0.126 e. The van der Waals surface area contributed by atoms with Crippen LogP contribution in [-0.4, -0.2) is 12.1 Å². The van der Waals surface area contributed by atoms with Gasteiger partial charge < -0.3 is 9.59 Å². The molecule has 0 bridgehead atoms. The lowest BCUT2D eigenvalue weighted by Gasteiger charge is -1.95. The maximum absolute atomic E-state index is 10.2. The molecule has 0 aromatic rings. The molecule has 0 aromatic heterocycles. The van der Waals surface area contributed by atoms with Crippen LogP contribution in [0.5, 0.6) is 0 Å². The van der Waals surface area contributed by atoms with Crippen molar-refractivity contribution < 1.29 is 9.59 Å². The first kappa shape index (κ1) is 14.8. The van der Waals surface area contributed by atoms with Gasteiger partial charge in [0.15, 0.2) is 0 Å². The Morgan fingerprint density at radius 2 is 1.77 bits per heavy atom. The second kappa shape index (κ2) is 7.96. The van der Waals surface area contributed by atoms with E-state index in [9.17, 15) is 9.59 Å². The molecule has 0 radical (unpaired) electrons. The third kappa shape index (κ3) is 9.25. The molecule has 0 heterocycles. The van der Waals surface area contributed by atoms with E-state index in [0.29, 0.717) is 5.92 Å². The first-order chi connectivity index (χ1) is 5.56. The van der Waals surface area contributed by atoms with Gasteiger partial charge in [-0.05, 0) is 32.6 Å². The van der Waals surface area contributed by atoms with Gasteiger partial charge in [0.2, 0.25) is 0 Å². The monoisotopic (exact) mass is 186 g/mol. The van der Waals surface area contributed by atoms with Crippen LogP contribution >= 0.6 is 0 Å².